The third-order valence-corrected chi connectivity index (χ3v) is 3.72. The van der Waals surface area contributed by atoms with E-state index in [4.69, 9.17) is 11.6 Å². The second-order valence-corrected chi connectivity index (χ2v) is 5.87. The summed E-state index contributed by atoms with van der Waals surface area (Å²) in [6.45, 7) is 0. The molecule has 0 amide bonds. The molecule has 0 bridgehead atoms. The van der Waals surface area contributed by atoms with E-state index < -0.39 is 15.8 Å². The van der Waals surface area contributed by atoms with Gasteiger partial charge < -0.3 is 0 Å². The molecule has 1 rings (SSSR count). The lowest BCUT2D eigenvalue weighted by atomic mass is 10.3. The number of hydrogen-bond donors (Lipinski definition) is 1. The average Bonchev–Trinajstić information content (AvgIpc) is 2.10. The maximum absolute atomic E-state index is 13.2. The molecule has 0 aliphatic carbocycles. The molecule has 0 saturated carbocycles. The Morgan fingerprint density at radius 2 is 2.13 bits per heavy atom. The Labute approximate surface area is 101 Å². The molecule has 0 aliphatic rings. The van der Waals surface area contributed by atoms with Gasteiger partial charge in [0.15, 0.2) is 0 Å². The summed E-state index contributed by atoms with van der Waals surface area (Å²) in [6.07, 6.45) is 0. The highest BCUT2D eigenvalue weighted by atomic mass is 79.9. The van der Waals surface area contributed by atoms with Crippen LogP contribution in [0, 0.1) is 5.82 Å². The molecule has 1 aromatic rings. The fraction of sp³-hybridized carbons (Fsp3) is 0.250. The van der Waals surface area contributed by atoms with Crippen molar-refractivity contribution in [2.24, 2.45) is 0 Å². The smallest absolute Gasteiger partial charge is 0.233 e. The quantitative estimate of drug-likeness (QED) is 0.868. The van der Waals surface area contributed by atoms with Crippen LogP contribution in [0.25, 0.3) is 0 Å². The molecule has 0 unspecified atom stereocenters. The van der Waals surface area contributed by atoms with Crippen LogP contribution < -0.4 is 4.72 Å². The van der Waals surface area contributed by atoms with E-state index in [0.29, 0.717) is 4.47 Å². The van der Waals surface area contributed by atoms with Crippen LogP contribution in [0.1, 0.15) is 0 Å². The fourth-order valence-electron chi connectivity index (χ4n) is 0.896. The summed E-state index contributed by atoms with van der Waals surface area (Å²) in [4.78, 5) is 0. The van der Waals surface area contributed by atoms with Gasteiger partial charge in [0.05, 0.1) is 11.4 Å². The van der Waals surface area contributed by atoms with Gasteiger partial charge in [-0.25, -0.2) is 12.8 Å². The summed E-state index contributed by atoms with van der Waals surface area (Å²) in [6, 6.07) is 4.00. The van der Waals surface area contributed by atoms with Gasteiger partial charge in [-0.15, -0.1) is 11.6 Å². The van der Waals surface area contributed by atoms with Crippen molar-refractivity contribution in [1.29, 1.82) is 0 Å². The zero-order valence-electron chi connectivity index (χ0n) is 7.50. The van der Waals surface area contributed by atoms with Crippen LogP contribution in [0.3, 0.4) is 0 Å². The normalized spacial score (nSPS) is 11.4. The van der Waals surface area contributed by atoms with Crippen molar-refractivity contribution in [1.82, 2.24) is 0 Å². The SMILES string of the molecule is O=S(=O)(CCCl)Nc1cc(Br)ccc1F. The van der Waals surface area contributed by atoms with Crippen molar-refractivity contribution >= 4 is 43.2 Å². The van der Waals surface area contributed by atoms with Crippen LogP contribution in [0.2, 0.25) is 0 Å². The van der Waals surface area contributed by atoms with Gasteiger partial charge in [0, 0.05) is 10.4 Å². The molecule has 0 spiro atoms. The molecule has 1 aromatic carbocycles. The van der Waals surface area contributed by atoms with Crippen molar-refractivity contribution in [3.63, 3.8) is 0 Å². The highest BCUT2D eigenvalue weighted by molar-refractivity contribution is 9.10. The first-order valence-electron chi connectivity index (χ1n) is 3.96. The van der Waals surface area contributed by atoms with Crippen LogP contribution in [-0.4, -0.2) is 20.1 Å². The van der Waals surface area contributed by atoms with Crippen LogP contribution in [0.4, 0.5) is 10.1 Å². The van der Waals surface area contributed by atoms with Gasteiger partial charge >= 0.3 is 0 Å². The lowest BCUT2D eigenvalue weighted by Gasteiger charge is -2.07. The summed E-state index contributed by atoms with van der Waals surface area (Å²) in [7, 11) is -3.57. The van der Waals surface area contributed by atoms with Crippen LogP contribution in [0.15, 0.2) is 22.7 Å². The number of sulfonamides is 1. The minimum absolute atomic E-state index is 0.0368. The summed E-state index contributed by atoms with van der Waals surface area (Å²) in [5, 5.41) is 0. The molecule has 84 valence electrons. The third-order valence-electron chi connectivity index (χ3n) is 1.54. The number of alkyl halides is 1. The van der Waals surface area contributed by atoms with Crippen molar-refractivity contribution in [2.75, 3.05) is 16.4 Å². The van der Waals surface area contributed by atoms with Gasteiger partial charge in [-0.3, -0.25) is 4.72 Å². The number of anilines is 1. The largest absolute Gasteiger partial charge is 0.280 e. The lowest BCUT2D eigenvalue weighted by molar-refractivity contribution is 0.600. The number of halogens is 3. The van der Waals surface area contributed by atoms with Crippen LogP contribution in [0.5, 0.6) is 0 Å². The van der Waals surface area contributed by atoms with Gasteiger partial charge in [0.2, 0.25) is 10.0 Å². The van der Waals surface area contributed by atoms with E-state index in [0.717, 1.165) is 0 Å². The highest BCUT2D eigenvalue weighted by Gasteiger charge is 2.12. The zero-order chi connectivity index (χ0) is 11.5. The molecule has 0 heterocycles. The van der Waals surface area contributed by atoms with E-state index in [1.807, 2.05) is 0 Å². The first-order valence-corrected chi connectivity index (χ1v) is 6.94. The zero-order valence-corrected chi connectivity index (χ0v) is 10.7. The number of hydrogen-bond acceptors (Lipinski definition) is 2. The number of nitrogens with one attached hydrogen (secondary N) is 1. The maximum Gasteiger partial charge on any atom is 0.233 e. The van der Waals surface area contributed by atoms with Gasteiger partial charge in [-0.05, 0) is 18.2 Å². The van der Waals surface area contributed by atoms with Gasteiger partial charge in [0.25, 0.3) is 0 Å². The molecule has 0 fully saturated rings. The summed E-state index contributed by atoms with van der Waals surface area (Å²) in [5.74, 6) is -0.915. The van der Waals surface area contributed by atoms with Gasteiger partial charge in [0.1, 0.15) is 5.82 Å². The lowest BCUT2D eigenvalue weighted by Crippen LogP contribution is -2.18. The summed E-state index contributed by atoms with van der Waals surface area (Å²) in [5.41, 5.74) is -0.0884. The highest BCUT2D eigenvalue weighted by Crippen LogP contribution is 2.21. The minimum atomic E-state index is -3.57. The molecule has 15 heavy (non-hydrogen) atoms. The molecular weight excluding hydrogens is 309 g/mol. The van der Waals surface area contributed by atoms with Crippen LogP contribution in [-0.2, 0) is 10.0 Å². The Bertz CT molecular complexity index is 452. The van der Waals surface area contributed by atoms with E-state index in [-0.39, 0.29) is 17.3 Å². The Kier molecular flexibility index (Phi) is 4.36. The topological polar surface area (TPSA) is 46.2 Å². The standard InChI is InChI=1S/C8H8BrClFNO2S/c9-6-1-2-7(11)8(5-6)12-15(13,14)4-3-10/h1-2,5,12H,3-4H2. The molecule has 0 aromatic heterocycles. The van der Waals surface area contributed by atoms with E-state index >= 15 is 0 Å². The van der Waals surface area contributed by atoms with E-state index in [9.17, 15) is 12.8 Å². The first kappa shape index (κ1) is 12.7. The third kappa shape index (κ3) is 3.96. The Morgan fingerprint density at radius 1 is 1.47 bits per heavy atom. The maximum atomic E-state index is 13.2. The van der Waals surface area contributed by atoms with Crippen molar-refractivity contribution in [3.05, 3.63) is 28.5 Å². The van der Waals surface area contributed by atoms with E-state index in [2.05, 4.69) is 20.7 Å². The Hall–Kier alpha value is -0.330. The molecular formula is C8H8BrClFNO2S. The molecule has 0 radical (unpaired) electrons. The molecule has 7 heteroatoms. The second-order valence-electron chi connectivity index (χ2n) is 2.73. The molecule has 0 aliphatic heterocycles. The number of rotatable bonds is 4. The van der Waals surface area contributed by atoms with E-state index in [1.165, 1.54) is 18.2 Å². The van der Waals surface area contributed by atoms with E-state index in [1.54, 1.807) is 0 Å². The predicted molar refractivity (Wildman–Crippen MR) is 62.2 cm³/mol. The average molecular weight is 317 g/mol. The van der Waals surface area contributed by atoms with Gasteiger partial charge in [-0.1, -0.05) is 15.9 Å². The molecule has 3 nitrogen and oxygen atoms in total. The Morgan fingerprint density at radius 3 is 2.73 bits per heavy atom. The molecule has 0 saturated heterocycles. The fourth-order valence-corrected chi connectivity index (χ4v) is 2.66. The summed E-state index contributed by atoms with van der Waals surface area (Å²) >= 11 is 8.42. The first-order chi connectivity index (χ1) is 6.94. The van der Waals surface area contributed by atoms with Crippen molar-refractivity contribution in [3.8, 4) is 0 Å². The predicted octanol–water partition coefficient (Wildman–Crippen LogP) is 2.57. The second kappa shape index (κ2) is 5.14. The monoisotopic (exact) mass is 315 g/mol. The minimum Gasteiger partial charge on any atom is -0.280 e. The van der Waals surface area contributed by atoms with Crippen LogP contribution >= 0.6 is 27.5 Å². The van der Waals surface area contributed by atoms with Gasteiger partial charge in [-0.2, -0.15) is 0 Å². The van der Waals surface area contributed by atoms with Crippen molar-refractivity contribution < 1.29 is 12.8 Å². The van der Waals surface area contributed by atoms with Crippen molar-refractivity contribution in [2.45, 2.75) is 0 Å². The molecule has 0 atom stereocenters. The summed E-state index contributed by atoms with van der Waals surface area (Å²) < 4.78 is 38.4. The Balaban J connectivity index is 2.94. The number of benzene rings is 1. The molecule has 1 N–H and O–H groups in total.